The number of fused-ring (bicyclic) bond motifs is 1. The van der Waals surface area contributed by atoms with Gasteiger partial charge in [-0.1, -0.05) is 0 Å². The molecule has 0 aliphatic carbocycles. The second-order valence-electron chi connectivity index (χ2n) is 5.07. The zero-order valence-electron chi connectivity index (χ0n) is 13.0. The van der Waals surface area contributed by atoms with E-state index in [1.54, 1.807) is 13.3 Å². The van der Waals surface area contributed by atoms with Crippen LogP contribution in [0.3, 0.4) is 0 Å². The summed E-state index contributed by atoms with van der Waals surface area (Å²) >= 11 is 1.46. The zero-order chi connectivity index (χ0) is 16.6. The third-order valence-electron chi connectivity index (χ3n) is 3.64. The number of anilines is 1. The van der Waals surface area contributed by atoms with Crippen LogP contribution in [0.4, 0.5) is 5.95 Å². The molecule has 0 unspecified atom stereocenters. The lowest BCUT2D eigenvalue weighted by Crippen LogP contribution is -2.21. The monoisotopic (exact) mass is 328 g/mol. The van der Waals surface area contributed by atoms with Crippen LogP contribution in [-0.4, -0.2) is 23.0 Å². The molecule has 0 saturated heterocycles. The molecule has 0 atom stereocenters. The van der Waals surface area contributed by atoms with Crippen molar-refractivity contribution in [1.82, 2.24) is 9.66 Å². The summed E-state index contributed by atoms with van der Waals surface area (Å²) in [7, 11) is 1.61. The predicted molar refractivity (Wildman–Crippen MR) is 93.8 cm³/mol. The van der Waals surface area contributed by atoms with E-state index in [-0.39, 0.29) is 11.5 Å². The molecular weight excluding hydrogens is 312 g/mol. The van der Waals surface area contributed by atoms with E-state index >= 15 is 0 Å². The number of aromatic nitrogens is 2. The maximum absolute atomic E-state index is 12.6. The Kier molecular flexibility index (Phi) is 3.87. The van der Waals surface area contributed by atoms with E-state index in [9.17, 15) is 4.79 Å². The molecule has 0 spiro atoms. The van der Waals surface area contributed by atoms with Crippen LogP contribution in [0.15, 0.2) is 34.2 Å². The first-order valence-corrected chi connectivity index (χ1v) is 7.79. The summed E-state index contributed by atoms with van der Waals surface area (Å²) in [5.41, 5.74) is 7.39. The third kappa shape index (κ3) is 2.70. The second kappa shape index (κ2) is 5.85. The molecule has 2 heterocycles. The number of hydrogen-bond donors (Lipinski definition) is 1. The Morgan fingerprint density at radius 2 is 2.00 bits per heavy atom. The molecule has 0 saturated carbocycles. The van der Waals surface area contributed by atoms with Crippen molar-refractivity contribution >= 4 is 33.7 Å². The molecule has 0 amide bonds. The van der Waals surface area contributed by atoms with Crippen molar-refractivity contribution in [3.8, 4) is 5.75 Å². The Hall–Kier alpha value is -2.67. The highest BCUT2D eigenvalue weighted by atomic mass is 32.1. The molecule has 118 valence electrons. The first kappa shape index (κ1) is 15.2. The van der Waals surface area contributed by atoms with Gasteiger partial charge >= 0.3 is 0 Å². The lowest BCUT2D eigenvalue weighted by molar-refractivity contribution is 0.415. The zero-order valence-corrected chi connectivity index (χ0v) is 13.8. The number of nitrogens with two attached hydrogens (primary N) is 1. The van der Waals surface area contributed by atoms with E-state index < -0.39 is 0 Å². The van der Waals surface area contributed by atoms with Gasteiger partial charge in [0.05, 0.1) is 18.7 Å². The Morgan fingerprint density at radius 1 is 1.30 bits per heavy atom. The minimum Gasteiger partial charge on any atom is -0.497 e. The highest BCUT2D eigenvalue weighted by Gasteiger charge is 2.14. The number of methoxy groups -OCH3 is 1. The van der Waals surface area contributed by atoms with Crippen LogP contribution < -0.4 is 16.0 Å². The van der Waals surface area contributed by atoms with Crippen LogP contribution in [0.25, 0.3) is 10.2 Å². The van der Waals surface area contributed by atoms with Crippen molar-refractivity contribution in [2.24, 2.45) is 5.10 Å². The minimum absolute atomic E-state index is 0.0773. The van der Waals surface area contributed by atoms with Crippen LogP contribution >= 0.6 is 11.3 Å². The highest BCUT2D eigenvalue weighted by Crippen LogP contribution is 2.26. The van der Waals surface area contributed by atoms with E-state index in [4.69, 9.17) is 10.5 Å². The number of benzene rings is 1. The standard InChI is InChI=1S/C16H16N4O2S/c1-9-10(2)23-14-13(9)15(21)20(16(17)19-14)18-8-11-4-6-12(22-3)7-5-11/h4-8H,1-3H3,(H2,17,19)/b18-8+. The Labute approximate surface area is 136 Å². The average molecular weight is 328 g/mol. The number of ether oxygens (including phenoxy) is 1. The Morgan fingerprint density at radius 3 is 2.65 bits per heavy atom. The van der Waals surface area contributed by atoms with Crippen LogP contribution in [0.2, 0.25) is 0 Å². The number of nitrogens with zero attached hydrogens (tertiary/aromatic N) is 3. The highest BCUT2D eigenvalue weighted by molar-refractivity contribution is 7.18. The number of nitrogen functional groups attached to an aromatic ring is 1. The quantitative estimate of drug-likeness (QED) is 0.749. The van der Waals surface area contributed by atoms with Crippen molar-refractivity contribution in [3.63, 3.8) is 0 Å². The molecule has 2 aromatic heterocycles. The maximum Gasteiger partial charge on any atom is 0.284 e. The summed E-state index contributed by atoms with van der Waals surface area (Å²) in [6.45, 7) is 3.87. The predicted octanol–water partition coefficient (Wildman–Crippen LogP) is 2.55. The molecule has 0 aliphatic heterocycles. The lowest BCUT2D eigenvalue weighted by Gasteiger charge is -2.03. The van der Waals surface area contributed by atoms with Gasteiger partial charge in [-0.05, 0) is 49.2 Å². The summed E-state index contributed by atoms with van der Waals surface area (Å²) in [4.78, 5) is 18.6. The van der Waals surface area contributed by atoms with Gasteiger partial charge in [0.15, 0.2) is 0 Å². The molecule has 0 aliphatic rings. The number of hydrogen-bond acceptors (Lipinski definition) is 6. The van der Waals surface area contributed by atoms with Gasteiger partial charge in [-0.3, -0.25) is 4.79 Å². The third-order valence-corrected chi connectivity index (χ3v) is 4.75. The second-order valence-corrected chi connectivity index (χ2v) is 6.27. The summed E-state index contributed by atoms with van der Waals surface area (Å²) < 4.78 is 6.24. The lowest BCUT2D eigenvalue weighted by atomic mass is 10.2. The van der Waals surface area contributed by atoms with Crippen molar-refractivity contribution in [1.29, 1.82) is 0 Å². The number of aryl methyl sites for hydroxylation is 2. The molecule has 7 heteroatoms. The van der Waals surface area contributed by atoms with Gasteiger partial charge in [0.25, 0.3) is 5.56 Å². The van der Waals surface area contributed by atoms with Crippen molar-refractivity contribution in [2.45, 2.75) is 13.8 Å². The van der Waals surface area contributed by atoms with Gasteiger partial charge in [0.1, 0.15) is 10.6 Å². The van der Waals surface area contributed by atoms with Gasteiger partial charge < -0.3 is 10.5 Å². The summed E-state index contributed by atoms with van der Waals surface area (Å²) in [5, 5.41) is 4.76. The largest absolute Gasteiger partial charge is 0.497 e. The van der Waals surface area contributed by atoms with Gasteiger partial charge in [-0.2, -0.15) is 9.78 Å². The van der Waals surface area contributed by atoms with E-state index in [0.717, 1.165) is 26.4 Å². The fourth-order valence-electron chi connectivity index (χ4n) is 2.23. The van der Waals surface area contributed by atoms with Crippen LogP contribution in [0, 0.1) is 13.8 Å². The maximum atomic E-state index is 12.6. The molecule has 3 rings (SSSR count). The first-order chi connectivity index (χ1) is 11.0. The molecule has 3 aromatic rings. The summed E-state index contributed by atoms with van der Waals surface area (Å²) in [6.07, 6.45) is 1.57. The van der Waals surface area contributed by atoms with Crippen molar-refractivity contribution in [3.05, 3.63) is 50.6 Å². The van der Waals surface area contributed by atoms with Gasteiger partial charge in [-0.25, -0.2) is 4.98 Å². The van der Waals surface area contributed by atoms with Gasteiger partial charge in [0, 0.05) is 4.88 Å². The molecule has 1 aromatic carbocycles. The van der Waals surface area contributed by atoms with Gasteiger partial charge in [0.2, 0.25) is 5.95 Å². The van der Waals surface area contributed by atoms with Crippen LogP contribution in [0.1, 0.15) is 16.0 Å². The number of thiophene rings is 1. The molecule has 0 radical (unpaired) electrons. The van der Waals surface area contributed by atoms with Crippen LogP contribution in [-0.2, 0) is 0 Å². The minimum atomic E-state index is -0.251. The average Bonchev–Trinajstić information content (AvgIpc) is 2.82. The normalized spacial score (nSPS) is 11.4. The van der Waals surface area contributed by atoms with Crippen LogP contribution in [0.5, 0.6) is 5.75 Å². The van der Waals surface area contributed by atoms with E-state index in [1.807, 2.05) is 38.1 Å². The smallest absolute Gasteiger partial charge is 0.284 e. The number of rotatable bonds is 3. The Balaban J connectivity index is 2.06. The summed E-state index contributed by atoms with van der Waals surface area (Å²) in [6, 6.07) is 7.33. The molecule has 0 fully saturated rings. The van der Waals surface area contributed by atoms with E-state index in [1.165, 1.54) is 11.3 Å². The van der Waals surface area contributed by atoms with Gasteiger partial charge in [-0.15, -0.1) is 11.3 Å². The van der Waals surface area contributed by atoms with Crippen molar-refractivity contribution < 1.29 is 4.74 Å². The van der Waals surface area contributed by atoms with Crippen molar-refractivity contribution in [2.75, 3.05) is 12.8 Å². The Bertz CT molecular complexity index is 955. The first-order valence-electron chi connectivity index (χ1n) is 6.98. The molecular formula is C16H16N4O2S. The topological polar surface area (TPSA) is 82.5 Å². The van der Waals surface area contributed by atoms with E-state index in [2.05, 4.69) is 10.1 Å². The molecule has 2 N–H and O–H groups in total. The molecule has 23 heavy (non-hydrogen) atoms. The SMILES string of the molecule is COc1ccc(/C=N/n2c(N)nc3sc(C)c(C)c3c2=O)cc1. The fourth-order valence-corrected chi connectivity index (χ4v) is 3.25. The molecule has 0 bridgehead atoms. The molecule has 6 nitrogen and oxygen atoms in total. The van der Waals surface area contributed by atoms with E-state index in [0.29, 0.717) is 10.2 Å². The fraction of sp³-hybridized carbons (Fsp3) is 0.188. The summed E-state index contributed by atoms with van der Waals surface area (Å²) in [5.74, 6) is 0.833.